The van der Waals surface area contributed by atoms with Gasteiger partial charge in [-0.05, 0) is 13.3 Å². The van der Waals surface area contributed by atoms with Gasteiger partial charge in [0, 0.05) is 19.5 Å². The first-order valence-corrected chi connectivity index (χ1v) is 5.18. The normalized spacial score (nSPS) is 24.2. The lowest BCUT2D eigenvalue weighted by Crippen LogP contribution is -2.43. The van der Waals surface area contributed by atoms with E-state index in [-0.39, 0.29) is 11.9 Å². The van der Waals surface area contributed by atoms with Gasteiger partial charge in [-0.1, -0.05) is 19.1 Å². The Balaban J connectivity index is 2.72. The zero-order valence-electron chi connectivity index (χ0n) is 8.17. The van der Waals surface area contributed by atoms with E-state index in [0.29, 0.717) is 0 Å². The maximum Gasteiger partial charge on any atom is 0.245 e. The molecule has 0 bridgehead atoms. The number of likely N-dealkylation sites (N-methyl/N-ethyl adjacent to an activating group) is 1. The van der Waals surface area contributed by atoms with Gasteiger partial charge in [0.05, 0.1) is 4.99 Å². The molecule has 0 spiro atoms. The highest BCUT2D eigenvalue weighted by molar-refractivity contribution is 7.80. The number of amides is 1. The van der Waals surface area contributed by atoms with E-state index in [9.17, 15) is 4.79 Å². The van der Waals surface area contributed by atoms with E-state index in [2.05, 4.69) is 5.32 Å². The van der Waals surface area contributed by atoms with Gasteiger partial charge in [0.1, 0.15) is 6.04 Å². The van der Waals surface area contributed by atoms with Crippen LogP contribution in [0.25, 0.3) is 0 Å². The summed E-state index contributed by atoms with van der Waals surface area (Å²) < 4.78 is 0. The van der Waals surface area contributed by atoms with Gasteiger partial charge in [-0.3, -0.25) is 4.79 Å². The van der Waals surface area contributed by atoms with Crippen molar-refractivity contribution in [2.45, 2.75) is 32.7 Å². The maximum atomic E-state index is 11.8. The molecule has 0 aromatic carbocycles. The minimum absolute atomic E-state index is 0.102. The Kier molecular flexibility index (Phi) is 3.66. The van der Waals surface area contributed by atoms with Crippen molar-refractivity contribution in [3.05, 3.63) is 0 Å². The van der Waals surface area contributed by atoms with Gasteiger partial charge in [0.25, 0.3) is 0 Å². The van der Waals surface area contributed by atoms with Crippen LogP contribution in [0.2, 0.25) is 0 Å². The molecule has 1 amide bonds. The fraction of sp³-hybridized carbons (Fsp3) is 0.778. The second-order valence-corrected chi connectivity index (χ2v) is 3.69. The predicted octanol–water partition coefficient (Wildman–Crippen LogP) is 0.934. The van der Waals surface area contributed by atoms with Gasteiger partial charge in [-0.2, -0.15) is 0 Å². The summed E-state index contributed by atoms with van der Waals surface area (Å²) >= 11 is 5.10. The van der Waals surface area contributed by atoms with Crippen LogP contribution in [0, 0.1) is 0 Å². The van der Waals surface area contributed by atoms with Crippen molar-refractivity contribution in [3.63, 3.8) is 0 Å². The molecule has 1 rings (SSSR count). The average Bonchev–Trinajstić information content (AvgIpc) is 2.26. The number of hydrogen-bond acceptors (Lipinski definition) is 2. The molecule has 1 N–H and O–H groups in total. The summed E-state index contributed by atoms with van der Waals surface area (Å²) in [4.78, 5) is 14.4. The molecule has 1 aliphatic rings. The van der Waals surface area contributed by atoms with Crippen molar-refractivity contribution in [1.82, 2.24) is 10.2 Å². The highest BCUT2D eigenvalue weighted by atomic mass is 32.1. The van der Waals surface area contributed by atoms with Gasteiger partial charge in [0.2, 0.25) is 5.91 Å². The molecule has 1 atom stereocenters. The number of carbonyl (C=O) groups excluding carboxylic acids is 1. The molecule has 1 heterocycles. The summed E-state index contributed by atoms with van der Waals surface area (Å²) in [7, 11) is 0. The molecular formula is C9H16N2OS. The van der Waals surface area contributed by atoms with Crippen LogP contribution in [0.1, 0.15) is 26.7 Å². The topological polar surface area (TPSA) is 32.3 Å². The number of nitrogens with zero attached hydrogens (tertiary/aromatic N) is 1. The minimum atomic E-state index is -0.102. The summed E-state index contributed by atoms with van der Waals surface area (Å²) in [6.45, 7) is 5.54. The fourth-order valence-electron chi connectivity index (χ4n) is 1.49. The maximum absolute atomic E-state index is 11.8. The Bertz CT molecular complexity index is 218. The SMILES string of the molecule is CCC1NC(=S)CCN(CC)C1=O. The molecule has 0 aromatic rings. The molecule has 0 saturated carbocycles. The first-order chi connectivity index (χ1) is 6.19. The highest BCUT2D eigenvalue weighted by Crippen LogP contribution is 2.06. The van der Waals surface area contributed by atoms with Crippen LogP contribution in [0.15, 0.2) is 0 Å². The van der Waals surface area contributed by atoms with E-state index in [1.165, 1.54) is 0 Å². The molecule has 1 fully saturated rings. The van der Waals surface area contributed by atoms with Crippen LogP contribution in [0.5, 0.6) is 0 Å². The molecule has 0 aliphatic carbocycles. The number of carbonyl (C=O) groups is 1. The first-order valence-electron chi connectivity index (χ1n) is 4.77. The minimum Gasteiger partial charge on any atom is -0.368 e. The van der Waals surface area contributed by atoms with Crippen molar-refractivity contribution in [3.8, 4) is 0 Å². The predicted molar refractivity (Wildman–Crippen MR) is 56.7 cm³/mol. The van der Waals surface area contributed by atoms with E-state index in [1.807, 2.05) is 18.7 Å². The molecule has 13 heavy (non-hydrogen) atoms. The van der Waals surface area contributed by atoms with Crippen LogP contribution in [-0.2, 0) is 4.79 Å². The Hall–Kier alpha value is -0.640. The summed E-state index contributed by atoms with van der Waals surface area (Å²) in [5.74, 6) is 0.185. The van der Waals surface area contributed by atoms with E-state index in [0.717, 1.165) is 30.9 Å². The average molecular weight is 200 g/mol. The number of hydrogen-bond donors (Lipinski definition) is 1. The third-order valence-electron chi connectivity index (χ3n) is 2.34. The van der Waals surface area contributed by atoms with Crippen molar-refractivity contribution < 1.29 is 4.79 Å². The molecule has 1 aliphatic heterocycles. The van der Waals surface area contributed by atoms with Crippen molar-refractivity contribution in [1.29, 1.82) is 0 Å². The fourth-order valence-corrected chi connectivity index (χ4v) is 1.72. The number of nitrogens with one attached hydrogen (secondary N) is 1. The van der Waals surface area contributed by atoms with Gasteiger partial charge >= 0.3 is 0 Å². The second-order valence-electron chi connectivity index (χ2n) is 3.20. The van der Waals surface area contributed by atoms with Crippen LogP contribution in [-0.4, -0.2) is 34.9 Å². The Morgan fingerprint density at radius 2 is 2.31 bits per heavy atom. The van der Waals surface area contributed by atoms with Gasteiger partial charge in [-0.15, -0.1) is 0 Å². The molecular weight excluding hydrogens is 184 g/mol. The summed E-state index contributed by atoms with van der Waals surface area (Å²) in [5, 5.41) is 3.08. The van der Waals surface area contributed by atoms with E-state index in [1.54, 1.807) is 0 Å². The standard InChI is InChI=1S/C9H16N2OS/c1-3-7-9(12)11(4-2)6-5-8(13)10-7/h7H,3-6H2,1-2H3,(H,10,13). The van der Waals surface area contributed by atoms with Crippen molar-refractivity contribution in [2.75, 3.05) is 13.1 Å². The third-order valence-corrected chi connectivity index (χ3v) is 2.67. The lowest BCUT2D eigenvalue weighted by molar-refractivity contribution is -0.132. The Labute approximate surface area is 84.5 Å². The number of rotatable bonds is 2. The molecule has 4 heteroatoms. The molecule has 0 radical (unpaired) electrons. The Morgan fingerprint density at radius 1 is 1.62 bits per heavy atom. The Morgan fingerprint density at radius 3 is 2.85 bits per heavy atom. The first kappa shape index (κ1) is 10.4. The second kappa shape index (κ2) is 4.56. The van der Waals surface area contributed by atoms with Crippen LogP contribution >= 0.6 is 12.2 Å². The highest BCUT2D eigenvalue weighted by Gasteiger charge is 2.25. The lowest BCUT2D eigenvalue weighted by atomic mass is 10.2. The molecule has 0 aromatic heterocycles. The zero-order chi connectivity index (χ0) is 9.84. The molecule has 1 unspecified atom stereocenters. The van der Waals surface area contributed by atoms with Crippen LogP contribution in [0.3, 0.4) is 0 Å². The largest absolute Gasteiger partial charge is 0.368 e. The summed E-state index contributed by atoms with van der Waals surface area (Å²) in [6.07, 6.45) is 1.60. The molecule has 1 saturated heterocycles. The number of thiocarbonyl (C=S) groups is 1. The monoisotopic (exact) mass is 200 g/mol. The van der Waals surface area contributed by atoms with E-state index >= 15 is 0 Å². The smallest absolute Gasteiger partial charge is 0.245 e. The van der Waals surface area contributed by atoms with Crippen LogP contribution < -0.4 is 5.32 Å². The van der Waals surface area contributed by atoms with Gasteiger partial charge in [0.15, 0.2) is 0 Å². The van der Waals surface area contributed by atoms with E-state index in [4.69, 9.17) is 12.2 Å². The quantitative estimate of drug-likeness (QED) is 0.673. The lowest BCUT2D eigenvalue weighted by Gasteiger charge is -2.21. The van der Waals surface area contributed by atoms with Gasteiger partial charge in [-0.25, -0.2) is 0 Å². The van der Waals surface area contributed by atoms with Crippen molar-refractivity contribution in [2.24, 2.45) is 0 Å². The zero-order valence-corrected chi connectivity index (χ0v) is 8.99. The molecule has 3 nitrogen and oxygen atoms in total. The van der Waals surface area contributed by atoms with Crippen LogP contribution in [0.4, 0.5) is 0 Å². The summed E-state index contributed by atoms with van der Waals surface area (Å²) in [6, 6.07) is -0.102. The molecule has 74 valence electrons. The van der Waals surface area contributed by atoms with Crippen molar-refractivity contribution >= 4 is 23.1 Å². The third kappa shape index (κ3) is 2.40. The van der Waals surface area contributed by atoms with E-state index < -0.39 is 0 Å². The van der Waals surface area contributed by atoms with Gasteiger partial charge < -0.3 is 10.2 Å². The summed E-state index contributed by atoms with van der Waals surface area (Å²) in [5.41, 5.74) is 0.